The van der Waals surface area contributed by atoms with Crippen LogP contribution in [0.1, 0.15) is 26.7 Å². The number of carboxylic acids is 2. The van der Waals surface area contributed by atoms with E-state index in [1.165, 1.54) is 6.08 Å². The third-order valence-corrected chi connectivity index (χ3v) is 1.88. The Kier molecular flexibility index (Phi) is 5.30. The first-order valence-electron chi connectivity index (χ1n) is 4.60. The van der Waals surface area contributed by atoms with Gasteiger partial charge < -0.3 is 19.8 Å². The van der Waals surface area contributed by atoms with Gasteiger partial charge in [-0.2, -0.15) is 0 Å². The third-order valence-electron chi connectivity index (χ3n) is 1.88. The van der Waals surface area contributed by atoms with Crippen molar-refractivity contribution in [2.75, 3.05) is 0 Å². The van der Waals surface area contributed by atoms with Crippen LogP contribution in [0.3, 0.4) is 0 Å². The molecule has 0 fully saturated rings. The Labute approximate surface area is 87.4 Å². The Morgan fingerprint density at radius 2 is 1.60 bits per heavy atom. The number of aliphatic carboxylic acids is 2. The number of hydrogen-bond donors (Lipinski definition) is 0. The minimum absolute atomic E-state index is 0.177. The largest absolute Gasteiger partial charge is 0.549 e. The van der Waals surface area contributed by atoms with Crippen molar-refractivity contribution >= 4 is 17.7 Å². The van der Waals surface area contributed by atoms with E-state index in [1.54, 1.807) is 13.8 Å². The van der Waals surface area contributed by atoms with Crippen LogP contribution in [-0.4, -0.2) is 17.7 Å². The standard InChI is InChI=1S/C10H14O5/c1-3-5-6(4-2)8(11)7(9(12)13)10(14)15/h5,7H,3-4H2,1-2H3,(H,12,13)(H,14,15)/p-2/b6-5-. The highest BCUT2D eigenvalue weighted by atomic mass is 16.4. The number of carbonyl (C=O) groups excluding carboxylic acids is 3. The molecule has 0 N–H and O–H groups in total. The summed E-state index contributed by atoms with van der Waals surface area (Å²) in [7, 11) is 0. The zero-order chi connectivity index (χ0) is 12.0. The van der Waals surface area contributed by atoms with Gasteiger partial charge in [-0.05, 0) is 18.4 Å². The molecule has 0 aliphatic carbocycles. The highest BCUT2D eigenvalue weighted by molar-refractivity contribution is 6.18. The van der Waals surface area contributed by atoms with Crippen molar-refractivity contribution in [3.05, 3.63) is 11.6 Å². The van der Waals surface area contributed by atoms with Gasteiger partial charge in [-0.15, -0.1) is 0 Å². The van der Waals surface area contributed by atoms with Crippen LogP contribution < -0.4 is 10.2 Å². The first kappa shape index (κ1) is 13.4. The number of hydrogen-bond acceptors (Lipinski definition) is 5. The lowest BCUT2D eigenvalue weighted by atomic mass is 9.95. The monoisotopic (exact) mass is 212 g/mol. The summed E-state index contributed by atoms with van der Waals surface area (Å²) in [5, 5.41) is 20.9. The highest BCUT2D eigenvalue weighted by Crippen LogP contribution is 2.11. The van der Waals surface area contributed by atoms with E-state index in [2.05, 4.69) is 0 Å². The molecule has 15 heavy (non-hydrogen) atoms. The van der Waals surface area contributed by atoms with Gasteiger partial charge >= 0.3 is 0 Å². The van der Waals surface area contributed by atoms with E-state index in [0.717, 1.165) is 0 Å². The first-order chi connectivity index (χ1) is 6.95. The molecule has 0 bridgehead atoms. The van der Waals surface area contributed by atoms with Crippen molar-refractivity contribution in [2.24, 2.45) is 5.92 Å². The predicted octanol–water partition coefficient (Wildman–Crippen LogP) is -1.58. The van der Waals surface area contributed by atoms with Crippen molar-refractivity contribution in [3.8, 4) is 0 Å². The van der Waals surface area contributed by atoms with Crippen LogP contribution >= 0.6 is 0 Å². The van der Waals surface area contributed by atoms with E-state index in [9.17, 15) is 24.6 Å². The Morgan fingerprint density at radius 1 is 1.13 bits per heavy atom. The second-order valence-electron chi connectivity index (χ2n) is 2.93. The molecule has 0 spiro atoms. The molecule has 0 atom stereocenters. The number of allylic oxidation sites excluding steroid dienone is 2. The number of carbonyl (C=O) groups is 3. The molecule has 5 heteroatoms. The molecule has 0 aliphatic heterocycles. The average Bonchev–Trinajstić information content (AvgIpc) is 2.12. The quantitative estimate of drug-likeness (QED) is 0.391. The van der Waals surface area contributed by atoms with Crippen LogP contribution in [0.15, 0.2) is 11.6 Å². The van der Waals surface area contributed by atoms with Crippen LogP contribution in [0, 0.1) is 5.92 Å². The van der Waals surface area contributed by atoms with Gasteiger partial charge in [0.2, 0.25) is 0 Å². The van der Waals surface area contributed by atoms with Gasteiger partial charge in [-0.3, -0.25) is 4.79 Å². The molecule has 84 valence electrons. The summed E-state index contributed by atoms with van der Waals surface area (Å²) in [6.45, 7) is 3.40. The second-order valence-corrected chi connectivity index (χ2v) is 2.93. The molecule has 0 rings (SSSR count). The highest BCUT2D eigenvalue weighted by Gasteiger charge is 2.23. The SMILES string of the molecule is CC/C=C(/CC)C(=O)C(C(=O)[O-])C(=O)[O-]. The Balaban J connectivity index is 5.01. The fourth-order valence-corrected chi connectivity index (χ4v) is 1.16. The molecule has 0 saturated carbocycles. The molecular weight excluding hydrogens is 200 g/mol. The number of rotatable bonds is 6. The predicted molar refractivity (Wildman–Crippen MR) is 47.2 cm³/mol. The smallest absolute Gasteiger partial charge is 0.172 e. The van der Waals surface area contributed by atoms with E-state index >= 15 is 0 Å². The first-order valence-corrected chi connectivity index (χ1v) is 4.60. The van der Waals surface area contributed by atoms with Gasteiger partial charge in [0.1, 0.15) is 5.92 Å². The van der Waals surface area contributed by atoms with Gasteiger partial charge in [-0.25, -0.2) is 0 Å². The molecule has 0 aromatic rings. The number of carboxylic acid groups (broad SMARTS) is 2. The van der Waals surface area contributed by atoms with Crippen molar-refractivity contribution in [1.29, 1.82) is 0 Å². The van der Waals surface area contributed by atoms with Crippen LogP contribution in [0.25, 0.3) is 0 Å². The number of ketones is 1. The minimum atomic E-state index is -2.21. The van der Waals surface area contributed by atoms with Crippen molar-refractivity contribution in [3.63, 3.8) is 0 Å². The van der Waals surface area contributed by atoms with E-state index < -0.39 is 23.6 Å². The molecular formula is C10H12O5-2. The molecule has 0 amide bonds. The molecule has 0 aromatic heterocycles. The third kappa shape index (κ3) is 3.53. The maximum atomic E-state index is 11.4. The van der Waals surface area contributed by atoms with Crippen LogP contribution in [0.2, 0.25) is 0 Å². The molecule has 0 saturated heterocycles. The van der Waals surface area contributed by atoms with Gasteiger partial charge in [0.15, 0.2) is 5.78 Å². The van der Waals surface area contributed by atoms with Crippen molar-refractivity contribution in [1.82, 2.24) is 0 Å². The maximum Gasteiger partial charge on any atom is 0.172 e. The molecule has 0 aliphatic rings. The summed E-state index contributed by atoms with van der Waals surface area (Å²) in [6.07, 6.45) is 2.31. The van der Waals surface area contributed by atoms with Gasteiger partial charge in [0, 0.05) is 0 Å². The Bertz CT molecular complexity index is 289. The van der Waals surface area contributed by atoms with E-state index in [0.29, 0.717) is 6.42 Å². The average molecular weight is 212 g/mol. The van der Waals surface area contributed by atoms with Crippen molar-refractivity contribution < 1.29 is 24.6 Å². The summed E-state index contributed by atoms with van der Waals surface area (Å²) in [5.41, 5.74) is 0.177. The van der Waals surface area contributed by atoms with Gasteiger partial charge in [-0.1, -0.05) is 19.9 Å². The minimum Gasteiger partial charge on any atom is -0.549 e. The summed E-state index contributed by atoms with van der Waals surface area (Å²) in [5.74, 6) is -7.03. The number of Topliss-reactive ketones (excluding diaryl/α,β-unsaturated/α-hetero) is 1. The fraction of sp³-hybridized carbons (Fsp3) is 0.500. The molecule has 0 radical (unpaired) electrons. The zero-order valence-electron chi connectivity index (χ0n) is 8.61. The molecule has 0 aromatic carbocycles. The topological polar surface area (TPSA) is 97.3 Å². The van der Waals surface area contributed by atoms with E-state index in [4.69, 9.17) is 0 Å². The maximum absolute atomic E-state index is 11.4. The van der Waals surface area contributed by atoms with E-state index in [1.807, 2.05) is 0 Å². The lowest BCUT2D eigenvalue weighted by molar-refractivity contribution is -0.328. The van der Waals surface area contributed by atoms with Crippen LogP contribution in [0.4, 0.5) is 0 Å². The Morgan fingerprint density at radius 3 is 1.87 bits per heavy atom. The lowest BCUT2D eigenvalue weighted by Gasteiger charge is -2.18. The van der Waals surface area contributed by atoms with E-state index in [-0.39, 0.29) is 12.0 Å². The van der Waals surface area contributed by atoms with Crippen molar-refractivity contribution in [2.45, 2.75) is 26.7 Å². The molecule has 0 unspecified atom stereocenters. The fourth-order valence-electron chi connectivity index (χ4n) is 1.16. The molecule has 5 nitrogen and oxygen atoms in total. The normalized spacial score (nSPS) is 11.5. The van der Waals surface area contributed by atoms with Crippen LogP contribution in [-0.2, 0) is 14.4 Å². The summed E-state index contributed by atoms with van der Waals surface area (Å²) >= 11 is 0. The summed E-state index contributed by atoms with van der Waals surface area (Å²) in [6, 6.07) is 0. The molecule has 0 heterocycles. The second kappa shape index (κ2) is 5.95. The zero-order valence-corrected chi connectivity index (χ0v) is 8.61. The Hall–Kier alpha value is -1.65. The summed E-state index contributed by atoms with van der Waals surface area (Å²) in [4.78, 5) is 32.3. The van der Waals surface area contributed by atoms with Gasteiger partial charge in [0.25, 0.3) is 0 Å². The summed E-state index contributed by atoms with van der Waals surface area (Å²) < 4.78 is 0. The van der Waals surface area contributed by atoms with Gasteiger partial charge in [0.05, 0.1) is 11.9 Å². The van der Waals surface area contributed by atoms with Crippen LogP contribution in [0.5, 0.6) is 0 Å². The lowest BCUT2D eigenvalue weighted by Crippen LogP contribution is -2.47.